The number of hydrogen-bond donors (Lipinski definition) is 2. The van der Waals surface area contributed by atoms with Crippen molar-refractivity contribution < 1.29 is 13.2 Å². The number of benzene rings is 1. The Kier molecular flexibility index (Phi) is 4.42. The van der Waals surface area contributed by atoms with Crippen LogP contribution in [0.4, 0.5) is 13.2 Å². The molecule has 0 aliphatic rings. The topological polar surface area (TPSA) is 50.9 Å². The smallest absolute Gasteiger partial charge is 0.271 e. The van der Waals surface area contributed by atoms with Gasteiger partial charge in [0.05, 0.1) is 22.3 Å². The van der Waals surface area contributed by atoms with Crippen LogP contribution in [-0.2, 0) is 12.6 Å². The van der Waals surface area contributed by atoms with Crippen LogP contribution in [0.5, 0.6) is 0 Å². The predicted octanol–water partition coefficient (Wildman–Crippen LogP) is 3.22. The van der Waals surface area contributed by atoms with Gasteiger partial charge in [-0.2, -0.15) is 13.2 Å². The minimum atomic E-state index is -4.31. The highest BCUT2D eigenvalue weighted by atomic mass is 32.1. The fourth-order valence-electron chi connectivity index (χ4n) is 1.85. The van der Waals surface area contributed by atoms with Gasteiger partial charge in [-0.15, -0.1) is 11.3 Å². The molecular formula is C13H14F3N3S. The van der Waals surface area contributed by atoms with Crippen molar-refractivity contribution in [1.29, 1.82) is 0 Å². The maximum absolute atomic E-state index is 12.5. The second kappa shape index (κ2) is 5.90. The normalized spacial score (nSPS) is 13.4. The van der Waals surface area contributed by atoms with E-state index in [2.05, 4.69) is 10.4 Å². The van der Waals surface area contributed by atoms with Crippen molar-refractivity contribution in [2.45, 2.75) is 25.6 Å². The Balaban J connectivity index is 2.12. The van der Waals surface area contributed by atoms with Crippen molar-refractivity contribution >= 4 is 11.3 Å². The standard InChI is InChI=1S/C13H14F3N3S/c1-8-18-12(7-20-8)11(19-17)6-9-2-4-10(5-3-9)13(14,15)16/h2-5,7,11,19H,6,17H2,1H3. The quantitative estimate of drug-likeness (QED) is 0.673. The molecule has 0 bridgehead atoms. The lowest BCUT2D eigenvalue weighted by atomic mass is 10.0. The zero-order valence-corrected chi connectivity index (χ0v) is 11.6. The maximum atomic E-state index is 12.5. The molecule has 3 nitrogen and oxygen atoms in total. The Morgan fingerprint density at radius 1 is 1.30 bits per heavy atom. The van der Waals surface area contributed by atoms with E-state index >= 15 is 0 Å². The number of alkyl halides is 3. The lowest BCUT2D eigenvalue weighted by Crippen LogP contribution is -2.29. The number of aromatic nitrogens is 1. The molecule has 2 aromatic rings. The zero-order chi connectivity index (χ0) is 14.8. The second-order valence-electron chi connectivity index (χ2n) is 4.41. The number of hydrazine groups is 1. The Hall–Kier alpha value is -1.44. The van der Waals surface area contributed by atoms with Gasteiger partial charge in [0.25, 0.3) is 0 Å². The summed E-state index contributed by atoms with van der Waals surface area (Å²) in [5, 5.41) is 2.82. The Morgan fingerprint density at radius 2 is 1.95 bits per heavy atom. The fourth-order valence-corrected chi connectivity index (χ4v) is 2.52. The average molecular weight is 301 g/mol. The van der Waals surface area contributed by atoms with E-state index in [0.29, 0.717) is 6.42 Å². The monoisotopic (exact) mass is 301 g/mol. The number of nitrogens with zero attached hydrogens (tertiary/aromatic N) is 1. The van der Waals surface area contributed by atoms with Crippen LogP contribution in [0.15, 0.2) is 29.6 Å². The largest absolute Gasteiger partial charge is 0.416 e. The van der Waals surface area contributed by atoms with Crippen molar-refractivity contribution in [3.63, 3.8) is 0 Å². The number of rotatable bonds is 4. The first-order valence-corrected chi connectivity index (χ1v) is 6.82. The van der Waals surface area contributed by atoms with E-state index in [0.717, 1.165) is 28.4 Å². The summed E-state index contributed by atoms with van der Waals surface area (Å²) < 4.78 is 37.4. The zero-order valence-electron chi connectivity index (χ0n) is 10.7. The minimum absolute atomic E-state index is 0.211. The van der Waals surface area contributed by atoms with E-state index in [1.165, 1.54) is 23.5 Å². The van der Waals surface area contributed by atoms with E-state index in [-0.39, 0.29) is 6.04 Å². The Bertz CT molecular complexity index is 563. The fraction of sp³-hybridized carbons (Fsp3) is 0.308. The van der Waals surface area contributed by atoms with Crippen molar-refractivity contribution in [2.75, 3.05) is 0 Å². The van der Waals surface area contributed by atoms with Gasteiger partial charge >= 0.3 is 6.18 Å². The molecule has 7 heteroatoms. The van der Waals surface area contributed by atoms with Gasteiger partial charge in [-0.25, -0.2) is 4.98 Å². The molecular weight excluding hydrogens is 287 g/mol. The molecule has 0 radical (unpaired) electrons. The molecule has 1 heterocycles. The molecule has 1 aromatic heterocycles. The molecule has 0 saturated carbocycles. The molecule has 0 spiro atoms. The van der Waals surface area contributed by atoms with Crippen molar-refractivity contribution in [3.8, 4) is 0 Å². The lowest BCUT2D eigenvalue weighted by Gasteiger charge is -2.14. The summed E-state index contributed by atoms with van der Waals surface area (Å²) in [6, 6.07) is 4.88. The van der Waals surface area contributed by atoms with Crippen LogP contribution in [-0.4, -0.2) is 4.98 Å². The third kappa shape index (κ3) is 3.56. The lowest BCUT2D eigenvalue weighted by molar-refractivity contribution is -0.137. The highest BCUT2D eigenvalue weighted by Gasteiger charge is 2.30. The predicted molar refractivity (Wildman–Crippen MR) is 72.1 cm³/mol. The molecule has 3 N–H and O–H groups in total. The van der Waals surface area contributed by atoms with E-state index in [1.807, 2.05) is 12.3 Å². The molecule has 0 aliphatic carbocycles. The highest BCUT2D eigenvalue weighted by molar-refractivity contribution is 7.09. The van der Waals surface area contributed by atoms with Crippen molar-refractivity contribution in [1.82, 2.24) is 10.4 Å². The van der Waals surface area contributed by atoms with Gasteiger partial charge in [0.2, 0.25) is 0 Å². The third-order valence-corrected chi connectivity index (χ3v) is 3.71. The van der Waals surface area contributed by atoms with E-state index in [1.54, 1.807) is 0 Å². The first-order chi connectivity index (χ1) is 9.40. The number of thiazole rings is 1. The van der Waals surface area contributed by atoms with Crippen LogP contribution in [0, 0.1) is 6.92 Å². The molecule has 0 fully saturated rings. The number of aryl methyl sites for hydroxylation is 1. The molecule has 108 valence electrons. The number of halogens is 3. The Morgan fingerprint density at radius 3 is 2.40 bits per heavy atom. The van der Waals surface area contributed by atoms with E-state index < -0.39 is 11.7 Å². The highest BCUT2D eigenvalue weighted by Crippen LogP contribution is 2.29. The van der Waals surface area contributed by atoms with E-state index in [9.17, 15) is 13.2 Å². The summed E-state index contributed by atoms with van der Waals surface area (Å²) in [5.74, 6) is 5.50. The van der Waals surface area contributed by atoms with Crippen LogP contribution in [0.25, 0.3) is 0 Å². The van der Waals surface area contributed by atoms with Gasteiger partial charge in [-0.05, 0) is 31.0 Å². The first kappa shape index (κ1) is 15.0. The SMILES string of the molecule is Cc1nc(C(Cc2ccc(C(F)(F)F)cc2)NN)cs1. The molecule has 1 unspecified atom stereocenters. The van der Waals surface area contributed by atoms with Crippen LogP contribution in [0.1, 0.15) is 27.9 Å². The van der Waals surface area contributed by atoms with Gasteiger partial charge in [-0.1, -0.05) is 12.1 Å². The van der Waals surface area contributed by atoms with Crippen LogP contribution in [0.2, 0.25) is 0 Å². The Labute approximate surface area is 118 Å². The van der Waals surface area contributed by atoms with Gasteiger partial charge in [0.15, 0.2) is 0 Å². The number of nitrogens with one attached hydrogen (secondary N) is 1. The van der Waals surface area contributed by atoms with Crippen LogP contribution >= 0.6 is 11.3 Å². The molecule has 20 heavy (non-hydrogen) atoms. The summed E-state index contributed by atoms with van der Waals surface area (Å²) in [6.45, 7) is 1.89. The van der Waals surface area contributed by atoms with E-state index in [4.69, 9.17) is 5.84 Å². The van der Waals surface area contributed by atoms with Gasteiger partial charge in [0, 0.05) is 5.38 Å². The first-order valence-electron chi connectivity index (χ1n) is 5.94. The summed E-state index contributed by atoms with van der Waals surface area (Å²) in [4.78, 5) is 4.33. The summed E-state index contributed by atoms with van der Waals surface area (Å²) in [7, 11) is 0. The number of hydrogen-bond acceptors (Lipinski definition) is 4. The van der Waals surface area contributed by atoms with Gasteiger partial charge in [-0.3, -0.25) is 11.3 Å². The molecule has 0 saturated heterocycles. The van der Waals surface area contributed by atoms with Gasteiger partial charge < -0.3 is 0 Å². The van der Waals surface area contributed by atoms with Crippen LogP contribution < -0.4 is 11.3 Å². The molecule has 0 amide bonds. The second-order valence-corrected chi connectivity index (χ2v) is 5.47. The minimum Gasteiger partial charge on any atom is -0.271 e. The molecule has 0 aliphatic heterocycles. The summed E-state index contributed by atoms with van der Waals surface area (Å²) in [6.07, 6.45) is -3.83. The third-order valence-electron chi connectivity index (χ3n) is 2.92. The van der Waals surface area contributed by atoms with Crippen molar-refractivity contribution in [2.24, 2.45) is 5.84 Å². The summed E-state index contributed by atoms with van der Waals surface area (Å²) >= 11 is 1.51. The summed E-state index contributed by atoms with van der Waals surface area (Å²) in [5.41, 5.74) is 3.57. The average Bonchev–Trinajstić information content (AvgIpc) is 2.82. The maximum Gasteiger partial charge on any atom is 0.416 e. The molecule has 1 atom stereocenters. The number of nitrogens with two attached hydrogens (primary N) is 1. The van der Waals surface area contributed by atoms with Crippen molar-refractivity contribution in [3.05, 3.63) is 51.5 Å². The van der Waals surface area contributed by atoms with Crippen LogP contribution in [0.3, 0.4) is 0 Å². The molecule has 1 aromatic carbocycles. The molecule has 2 rings (SSSR count). The van der Waals surface area contributed by atoms with Gasteiger partial charge in [0.1, 0.15) is 0 Å².